The van der Waals surface area contributed by atoms with Crippen LogP contribution in [0.5, 0.6) is 5.88 Å². The highest BCUT2D eigenvalue weighted by atomic mass is 19.4. The smallest absolute Gasteiger partial charge is 0.416 e. The summed E-state index contributed by atoms with van der Waals surface area (Å²) in [5.41, 5.74) is -1.84. The van der Waals surface area contributed by atoms with Gasteiger partial charge >= 0.3 is 12.4 Å². The molecule has 0 saturated heterocycles. The molecule has 4 rings (SSSR count). The third kappa shape index (κ3) is 3.62. The Balaban J connectivity index is 2.08. The molecule has 0 aliphatic carbocycles. The average molecular weight is 443 g/mol. The van der Waals surface area contributed by atoms with E-state index in [0.717, 1.165) is 0 Å². The Kier molecular flexibility index (Phi) is 4.76. The standard InChI is InChI=1S/C20H15F6N3O2/c1-29-3-2-12-13(7-14-16(15(12)8-29)27-18(30)17(14)28-31)9-4-10(19(21,22)23)6-11(5-9)20(24,25)26/h4-7,27,30H,2-3,8H2,1H3. The van der Waals surface area contributed by atoms with E-state index in [4.69, 9.17) is 0 Å². The van der Waals surface area contributed by atoms with Gasteiger partial charge in [0, 0.05) is 18.5 Å². The molecule has 0 spiro atoms. The van der Waals surface area contributed by atoms with Crippen molar-refractivity contribution in [3.63, 3.8) is 0 Å². The number of aromatic nitrogens is 1. The predicted octanol–water partition coefficient (Wildman–Crippen LogP) is 5.96. The number of aromatic amines is 1. The molecule has 0 radical (unpaired) electrons. The van der Waals surface area contributed by atoms with Crippen LogP contribution in [0, 0.1) is 4.91 Å². The fourth-order valence-electron chi connectivity index (χ4n) is 3.99. The van der Waals surface area contributed by atoms with Crippen molar-refractivity contribution in [3.8, 4) is 17.0 Å². The highest BCUT2D eigenvalue weighted by molar-refractivity contribution is 6.00. The lowest BCUT2D eigenvalue weighted by atomic mass is 9.87. The number of nitroso groups, excluding NO2 is 1. The number of aromatic hydroxyl groups is 1. The normalized spacial score (nSPS) is 15.3. The summed E-state index contributed by atoms with van der Waals surface area (Å²) in [6.45, 7) is 0.852. The summed E-state index contributed by atoms with van der Waals surface area (Å²) in [4.78, 5) is 15.8. The highest BCUT2D eigenvalue weighted by Gasteiger charge is 2.37. The molecular weight excluding hydrogens is 428 g/mol. The van der Waals surface area contributed by atoms with E-state index in [1.807, 2.05) is 4.90 Å². The van der Waals surface area contributed by atoms with Crippen LogP contribution in [0.2, 0.25) is 0 Å². The number of rotatable bonds is 2. The van der Waals surface area contributed by atoms with E-state index in [1.165, 1.54) is 6.07 Å². The molecule has 0 bridgehead atoms. The van der Waals surface area contributed by atoms with Gasteiger partial charge in [0.15, 0.2) is 5.69 Å². The summed E-state index contributed by atoms with van der Waals surface area (Å²) in [7, 11) is 1.80. The van der Waals surface area contributed by atoms with Gasteiger partial charge in [-0.05, 0) is 65.2 Å². The van der Waals surface area contributed by atoms with E-state index >= 15 is 0 Å². The van der Waals surface area contributed by atoms with Gasteiger partial charge in [0.2, 0.25) is 5.88 Å². The number of halogens is 6. The summed E-state index contributed by atoms with van der Waals surface area (Å²) >= 11 is 0. The van der Waals surface area contributed by atoms with Crippen molar-refractivity contribution in [3.05, 3.63) is 51.4 Å². The van der Waals surface area contributed by atoms with Gasteiger partial charge in [-0.3, -0.25) is 0 Å². The molecule has 1 aliphatic rings. The Morgan fingerprint density at radius 1 is 1.00 bits per heavy atom. The number of nitrogens with one attached hydrogen (secondary N) is 1. The Morgan fingerprint density at radius 3 is 2.16 bits per heavy atom. The predicted molar refractivity (Wildman–Crippen MR) is 101 cm³/mol. The first-order valence-corrected chi connectivity index (χ1v) is 9.11. The van der Waals surface area contributed by atoms with E-state index in [0.29, 0.717) is 48.3 Å². The van der Waals surface area contributed by atoms with Gasteiger partial charge in [0.1, 0.15) is 0 Å². The van der Waals surface area contributed by atoms with Gasteiger partial charge in [-0.25, -0.2) is 0 Å². The van der Waals surface area contributed by atoms with Crippen molar-refractivity contribution in [2.24, 2.45) is 5.18 Å². The molecule has 11 heteroatoms. The zero-order valence-corrected chi connectivity index (χ0v) is 15.9. The van der Waals surface area contributed by atoms with Crippen LogP contribution in [-0.2, 0) is 25.3 Å². The second-order valence-electron chi connectivity index (χ2n) is 7.50. The van der Waals surface area contributed by atoms with Crippen LogP contribution in [-0.4, -0.2) is 28.6 Å². The van der Waals surface area contributed by atoms with Crippen LogP contribution >= 0.6 is 0 Å². The quantitative estimate of drug-likeness (QED) is 0.379. The first kappa shape index (κ1) is 21.2. The molecule has 0 fully saturated rings. The van der Waals surface area contributed by atoms with E-state index in [1.54, 1.807) is 7.05 Å². The zero-order valence-electron chi connectivity index (χ0n) is 15.9. The summed E-state index contributed by atoms with van der Waals surface area (Å²) in [6.07, 6.45) is -9.61. The number of hydrogen-bond donors (Lipinski definition) is 2. The van der Waals surface area contributed by atoms with E-state index < -0.39 is 29.4 Å². The number of alkyl halides is 6. The van der Waals surface area contributed by atoms with Gasteiger partial charge < -0.3 is 15.0 Å². The van der Waals surface area contributed by atoms with Crippen molar-refractivity contribution < 1.29 is 31.4 Å². The van der Waals surface area contributed by atoms with Gasteiger partial charge in [-0.15, -0.1) is 4.91 Å². The number of likely N-dealkylation sites (N-methyl/N-ethyl adjacent to an activating group) is 1. The zero-order chi connectivity index (χ0) is 22.7. The lowest BCUT2D eigenvalue weighted by molar-refractivity contribution is -0.143. The van der Waals surface area contributed by atoms with E-state index in [2.05, 4.69) is 10.2 Å². The van der Waals surface area contributed by atoms with Crippen molar-refractivity contribution in [1.82, 2.24) is 9.88 Å². The molecule has 1 aliphatic heterocycles. The van der Waals surface area contributed by atoms with Crippen LogP contribution in [0.4, 0.5) is 32.0 Å². The average Bonchev–Trinajstić information content (AvgIpc) is 3.00. The summed E-state index contributed by atoms with van der Waals surface area (Å²) in [5, 5.41) is 12.9. The minimum absolute atomic E-state index is 0.0722. The monoisotopic (exact) mass is 443 g/mol. The highest BCUT2D eigenvalue weighted by Crippen LogP contribution is 2.45. The van der Waals surface area contributed by atoms with E-state index in [-0.39, 0.29) is 28.3 Å². The van der Waals surface area contributed by atoms with Crippen LogP contribution in [0.25, 0.3) is 22.0 Å². The SMILES string of the molecule is CN1CCc2c(-c3cc(C(F)(F)F)cc(C(F)(F)F)c3)cc3c(N=O)c(O)[nH]c3c2C1. The van der Waals surface area contributed by atoms with Gasteiger partial charge in [0.25, 0.3) is 0 Å². The Hall–Kier alpha value is -3.08. The first-order chi connectivity index (χ1) is 14.4. The number of benzene rings is 2. The maximum Gasteiger partial charge on any atom is 0.416 e. The molecule has 2 heterocycles. The molecule has 2 N–H and O–H groups in total. The summed E-state index contributed by atoms with van der Waals surface area (Å²) < 4.78 is 80.1. The van der Waals surface area contributed by atoms with Crippen LogP contribution in [0.3, 0.4) is 0 Å². The molecule has 0 atom stereocenters. The third-order valence-corrected chi connectivity index (χ3v) is 5.43. The van der Waals surface area contributed by atoms with Crippen LogP contribution < -0.4 is 0 Å². The molecule has 0 amide bonds. The lowest BCUT2D eigenvalue weighted by Crippen LogP contribution is -2.27. The van der Waals surface area contributed by atoms with Crippen LogP contribution in [0.1, 0.15) is 22.3 Å². The fourth-order valence-corrected chi connectivity index (χ4v) is 3.99. The number of fused-ring (bicyclic) bond motifs is 3. The second kappa shape index (κ2) is 6.98. The molecule has 0 saturated carbocycles. The molecule has 164 valence electrons. The van der Waals surface area contributed by atoms with Gasteiger partial charge in [-0.1, -0.05) is 0 Å². The van der Waals surface area contributed by atoms with Crippen molar-refractivity contribution in [1.29, 1.82) is 0 Å². The first-order valence-electron chi connectivity index (χ1n) is 9.11. The largest absolute Gasteiger partial charge is 0.493 e. The Bertz CT molecular complexity index is 1160. The van der Waals surface area contributed by atoms with Gasteiger partial charge in [-0.2, -0.15) is 26.3 Å². The number of hydrogen-bond acceptors (Lipinski definition) is 4. The van der Waals surface area contributed by atoms with Crippen molar-refractivity contribution >= 4 is 16.6 Å². The van der Waals surface area contributed by atoms with Crippen molar-refractivity contribution in [2.75, 3.05) is 13.6 Å². The second-order valence-corrected chi connectivity index (χ2v) is 7.50. The number of nitrogens with zero attached hydrogens (tertiary/aromatic N) is 2. The molecule has 0 unspecified atom stereocenters. The maximum atomic E-state index is 13.3. The molecule has 2 aromatic carbocycles. The molecule has 31 heavy (non-hydrogen) atoms. The summed E-state index contributed by atoms with van der Waals surface area (Å²) in [6, 6.07) is 2.70. The topological polar surface area (TPSA) is 68.7 Å². The minimum Gasteiger partial charge on any atom is -0.493 e. The molecule has 3 aromatic rings. The Morgan fingerprint density at radius 2 is 1.61 bits per heavy atom. The Labute approximate surface area is 171 Å². The third-order valence-electron chi connectivity index (χ3n) is 5.43. The fraction of sp³-hybridized carbons (Fsp3) is 0.300. The van der Waals surface area contributed by atoms with Gasteiger partial charge in [0.05, 0.1) is 16.6 Å². The van der Waals surface area contributed by atoms with Crippen LogP contribution in [0.15, 0.2) is 29.4 Å². The summed E-state index contributed by atoms with van der Waals surface area (Å²) in [5.74, 6) is -0.516. The molecular formula is C20H15F6N3O2. The lowest BCUT2D eigenvalue weighted by Gasteiger charge is -2.28. The van der Waals surface area contributed by atoms with Crippen molar-refractivity contribution in [2.45, 2.75) is 25.3 Å². The van der Waals surface area contributed by atoms with E-state index in [9.17, 15) is 36.4 Å². The minimum atomic E-state index is -4.98. The number of H-pyrrole nitrogens is 1. The molecule has 5 nitrogen and oxygen atoms in total. The molecule has 1 aromatic heterocycles. The maximum absolute atomic E-state index is 13.3.